The first-order chi connectivity index (χ1) is 12.3. The van der Waals surface area contributed by atoms with Gasteiger partial charge in [0.05, 0.1) is 0 Å². The molecule has 0 bridgehead atoms. The molecule has 1 aliphatic rings. The number of carbonyl (C=O) groups is 2. The molecule has 27 heavy (non-hydrogen) atoms. The third kappa shape index (κ3) is 6.51. The summed E-state index contributed by atoms with van der Waals surface area (Å²) in [4.78, 5) is 26.3. The summed E-state index contributed by atoms with van der Waals surface area (Å²) in [6, 6.07) is 8.08. The van der Waals surface area contributed by atoms with Crippen molar-refractivity contribution in [1.82, 2.24) is 10.2 Å². The molecule has 5 nitrogen and oxygen atoms in total. The van der Waals surface area contributed by atoms with Crippen molar-refractivity contribution in [3.8, 4) is 0 Å². The smallest absolute Gasteiger partial charge is 0.225 e. The zero-order valence-corrected chi connectivity index (χ0v) is 17.7. The van der Waals surface area contributed by atoms with E-state index in [1.807, 2.05) is 30.9 Å². The van der Waals surface area contributed by atoms with Crippen molar-refractivity contribution < 1.29 is 9.59 Å². The number of benzene rings is 1. The lowest BCUT2D eigenvalue weighted by molar-refractivity contribution is -0.138. The molecule has 2 amide bonds. The fourth-order valence-electron chi connectivity index (χ4n) is 3.33. The summed E-state index contributed by atoms with van der Waals surface area (Å²) in [5, 5.41) is 2.99. The highest BCUT2D eigenvalue weighted by Crippen LogP contribution is 2.20. The predicted molar refractivity (Wildman–Crippen MR) is 112 cm³/mol. The number of nitrogens with one attached hydrogen (secondary N) is 1. The van der Waals surface area contributed by atoms with Crippen molar-refractivity contribution in [2.75, 3.05) is 19.6 Å². The van der Waals surface area contributed by atoms with Crippen LogP contribution in [0.2, 0.25) is 0 Å². The molecule has 3 N–H and O–H groups in total. The Morgan fingerprint density at radius 1 is 1.07 bits per heavy atom. The van der Waals surface area contributed by atoms with Crippen LogP contribution in [0.25, 0.3) is 0 Å². The normalized spacial score (nSPS) is 16.2. The third-order valence-corrected chi connectivity index (χ3v) is 5.20. The van der Waals surface area contributed by atoms with Gasteiger partial charge in [0.1, 0.15) is 0 Å². The van der Waals surface area contributed by atoms with Crippen LogP contribution in [0.4, 0.5) is 0 Å². The van der Waals surface area contributed by atoms with Crippen molar-refractivity contribution in [1.29, 1.82) is 0 Å². The van der Waals surface area contributed by atoms with Crippen LogP contribution < -0.4 is 11.1 Å². The molecule has 152 valence electrons. The minimum absolute atomic E-state index is 0. The van der Waals surface area contributed by atoms with Gasteiger partial charge in [-0.2, -0.15) is 0 Å². The number of nitrogens with two attached hydrogens (primary N) is 1. The molecule has 1 unspecified atom stereocenters. The lowest BCUT2D eigenvalue weighted by atomic mass is 9.94. The summed E-state index contributed by atoms with van der Waals surface area (Å²) < 4.78 is 0. The first kappa shape index (κ1) is 23.4. The van der Waals surface area contributed by atoms with E-state index in [4.69, 9.17) is 5.73 Å². The van der Waals surface area contributed by atoms with Crippen LogP contribution >= 0.6 is 12.4 Å². The maximum atomic E-state index is 12.4. The van der Waals surface area contributed by atoms with Crippen molar-refractivity contribution in [3.63, 3.8) is 0 Å². The fourth-order valence-corrected chi connectivity index (χ4v) is 3.33. The molecular formula is C21H34ClN3O2. The van der Waals surface area contributed by atoms with Crippen molar-refractivity contribution in [2.24, 2.45) is 17.6 Å². The SMILES string of the molecule is CC(C)C(=O)N1CCC(C(=O)NCC(N)c2ccc(C(C)C)cc2)CC1.Cl. The van der Waals surface area contributed by atoms with Gasteiger partial charge in [-0.05, 0) is 29.9 Å². The van der Waals surface area contributed by atoms with Crippen LogP contribution in [0.1, 0.15) is 63.6 Å². The average Bonchev–Trinajstić information content (AvgIpc) is 2.65. The van der Waals surface area contributed by atoms with E-state index in [2.05, 4.69) is 31.3 Å². The summed E-state index contributed by atoms with van der Waals surface area (Å²) in [7, 11) is 0. The van der Waals surface area contributed by atoms with E-state index >= 15 is 0 Å². The molecule has 0 aromatic heterocycles. The highest BCUT2D eigenvalue weighted by Gasteiger charge is 2.28. The summed E-state index contributed by atoms with van der Waals surface area (Å²) in [6.07, 6.45) is 1.45. The second-order valence-electron chi connectivity index (χ2n) is 7.93. The van der Waals surface area contributed by atoms with E-state index in [9.17, 15) is 9.59 Å². The Morgan fingerprint density at radius 2 is 1.59 bits per heavy atom. The van der Waals surface area contributed by atoms with Gasteiger partial charge in [-0.15, -0.1) is 12.4 Å². The molecular weight excluding hydrogens is 362 g/mol. The van der Waals surface area contributed by atoms with Crippen LogP contribution in [-0.4, -0.2) is 36.3 Å². The molecule has 0 aliphatic carbocycles. The number of piperidine rings is 1. The van der Waals surface area contributed by atoms with Crippen molar-refractivity contribution in [2.45, 2.75) is 52.5 Å². The lowest BCUT2D eigenvalue weighted by Gasteiger charge is -2.32. The summed E-state index contributed by atoms with van der Waals surface area (Å²) in [5.74, 6) is 0.710. The number of rotatable bonds is 6. The molecule has 0 spiro atoms. The van der Waals surface area contributed by atoms with Gasteiger partial charge in [0.15, 0.2) is 0 Å². The first-order valence-electron chi connectivity index (χ1n) is 9.71. The molecule has 1 aromatic carbocycles. The quantitative estimate of drug-likeness (QED) is 0.776. The Balaban J connectivity index is 0.00000364. The molecule has 0 radical (unpaired) electrons. The molecule has 2 rings (SSSR count). The summed E-state index contributed by atoms with van der Waals surface area (Å²) >= 11 is 0. The van der Waals surface area contributed by atoms with Gasteiger partial charge in [-0.1, -0.05) is 52.0 Å². The standard InChI is InChI=1S/C21H33N3O2.ClH/c1-14(2)16-5-7-17(8-6-16)19(22)13-23-20(25)18-9-11-24(12-10-18)21(26)15(3)4;/h5-8,14-15,18-19H,9-13,22H2,1-4H3,(H,23,25);1H. The summed E-state index contributed by atoms with van der Waals surface area (Å²) in [5.41, 5.74) is 8.55. The van der Waals surface area contributed by atoms with Crippen LogP contribution in [0.5, 0.6) is 0 Å². The van der Waals surface area contributed by atoms with E-state index in [1.165, 1.54) is 5.56 Å². The molecule has 0 saturated carbocycles. The monoisotopic (exact) mass is 395 g/mol. The highest BCUT2D eigenvalue weighted by molar-refractivity contribution is 5.85. The Kier molecular flexibility index (Phi) is 9.27. The number of hydrogen-bond acceptors (Lipinski definition) is 3. The van der Waals surface area contributed by atoms with Gasteiger partial charge in [0, 0.05) is 37.5 Å². The number of carbonyl (C=O) groups excluding carboxylic acids is 2. The van der Waals surface area contributed by atoms with E-state index < -0.39 is 0 Å². The van der Waals surface area contributed by atoms with Gasteiger partial charge >= 0.3 is 0 Å². The number of likely N-dealkylation sites (tertiary alicyclic amines) is 1. The highest BCUT2D eigenvalue weighted by atomic mass is 35.5. The fraction of sp³-hybridized carbons (Fsp3) is 0.619. The van der Waals surface area contributed by atoms with Crippen LogP contribution in [0, 0.1) is 11.8 Å². The maximum absolute atomic E-state index is 12.4. The zero-order chi connectivity index (χ0) is 19.3. The molecule has 1 aromatic rings. The molecule has 1 aliphatic heterocycles. The molecule has 1 saturated heterocycles. The van der Waals surface area contributed by atoms with Crippen LogP contribution in [-0.2, 0) is 9.59 Å². The second-order valence-corrected chi connectivity index (χ2v) is 7.93. The Labute approximate surface area is 169 Å². The Hall–Kier alpha value is -1.59. The Morgan fingerprint density at radius 3 is 2.07 bits per heavy atom. The second kappa shape index (κ2) is 10.7. The van der Waals surface area contributed by atoms with E-state index in [0.717, 1.165) is 18.4 Å². The van der Waals surface area contributed by atoms with E-state index in [0.29, 0.717) is 25.6 Å². The van der Waals surface area contributed by atoms with Gasteiger partial charge in [-0.25, -0.2) is 0 Å². The minimum atomic E-state index is -0.206. The molecule has 1 atom stereocenters. The van der Waals surface area contributed by atoms with Crippen molar-refractivity contribution >= 4 is 24.2 Å². The number of nitrogens with zero attached hydrogens (tertiary/aromatic N) is 1. The number of halogens is 1. The number of hydrogen-bond donors (Lipinski definition) is 2. The first-order valence-corrected chi connectivity index (χ1v) is 9.71. The topological polar surface area (TPSA) is 75.4 Å². The van der Waals surface area contributed by atoms with Gasteiger partial charge in [0.25, 0.3) is 0 Å². The van der Waals surface area contributed by atoms with Gasteiger partial charge < -0.3 is 16.0 Å². The van der Waals surface area contributed by atoms with E-state index in [1.54, 1.807) is 0 Å². The van der Waals surface area contributed by atoms with Crippen molar-refractivity contribution in [3.05, 3.63) is 35.4 Å². The molecule has 1 heterocycles. The van der Waals surface area contributed by atoms with E-state index in [-0.39, 0.29) is 42.1 Å². The lowest BCUT2D eigenvalue weighted by Crippen LogP contribution is -2.45. The van der Waals surface area contributed by atoms with Gasteiger partial charge in [0.2, 0.25) is 11.8 Å². The van der Waals surface area contributed by atoms with Crippen LogP contribution in [0.15, 0.2) is 24.3 Å². The average molecular weight is 396 g/mol. The maximum Gasteiger partial charge on any atom is 0.225 e. The minimum Gasteiger partial charge on any atom is -0.354 e. The largest absolute Gasteiger partial charge is 0.354 e. The molecule has 6 heteroatoms. The van der Waals surface area contributed by atoms with Gasteiger partial charge in [-0.3, -0.25) is 9.59 Å². The Bertz CT molecular complexity index is 608. The zero-order valence-electron chi connectivity index (χ0n) is 16.9. The summed E-state index contributed by atoms with van der Waals surface area (Å²) in [6.45, 7) is 9.91. The third-order valence-electron chi connectivity index (χ3n) is 5.20. The molecule has 1 fully saturated rings. The number of amides is 2. The van der Waals surface area contributed by atoms with Crippen LogP contribution in [0.3, 0.4) is 0 Å². The predicted octanol–water partition coefficient (Wildman–Crippen LogP) is 3.24.